The molecule has 0 saturated carbocycles. The van der Waals surface area contributed by atoms with Crippen LogP contribution in [0.2, 0.25) is 0 Å². The van der Waals surface area contributed by atoms with Crippen LogP contribution in [0.1, 0.15) is 18.1 Å². The van der Waals surface area contributed by atoms with Crippen molar-refractivity contribution in [3.8, 4) is 5.75 Å². The summed E-state index contributed by atoms with van der Waals surface area (Å²) in [7, 11) is 0. The van der Waals surface area contributed by atoms with Crippen molar-refractivity contribution in [3.63, 3.8) is 0 Å². The van der Waals surface area contributed by atoms with E-state index in [1.54, 1.807) is 0 Å². The fourth-order valence-corrected chi connectivity index (χ4v) is 1.69. The Bertz CT molecular complexity index is 435. The quantitative estimate of drug-likeness (QED) is 0.729. The summed E-state index contributed by atoms with van der Waals surface area (Å²) < 4.78 is 10.7. The fraction of sp³-hybridized carbons (Fsp3) is 0.308. The molecule has 0 amide bonds. The molecule has 1 aliphatic rings. The van der Waals surface area contributed by atoms with Gasteiger partial charge in [-0.25, -0.2) is 0 Å². The molecule has 1 aromatic rings. The van der Waals surface area contributed by atoms with Crippen molar-refractivity contribution in [1.29, 1.82) is 0 Å². The maximum atomic E-state index is 11.2. The van der Waals surface area contributed by atoms with Gasteiger partial charge in [-0.15, -0.1) is 0 Å². The number of carbonyl (C=O) groups excluding carboxylic acids is 1. The van der Waals surface area contributed by atoms with Crippen LogP contribution in [0.25, 0.3) is 5.76 Å². The molecule has 3 heteroatoms. The van der Waals surface area contributed by atoms with Gasteiger partial charge in [0.25, 0.3) is 0 Å². The van der Waals surface area contributed by atoms with Crippen molar-refractivity contribution in [1.82, 2.24) is 0 Å². The Balaban J connectivity index is 2.26. The van der Waals surface area contributed by atoms with E-state index in [4.69, 9.17) is 9.47 Å². The second-order valence-electron chi connectivity index (χ2n) is 3.68. The van der Waals surface area contributed by atoms with Crippen LogP contribution in [-0.2, 0) is 16.0 Å². The minimum atomic E-state index is 0.115. The monoisotopic (exact) mass is 218 g/mol. The molecule has 0 N–H and O–H groups in total. The van der Waals surface area contributed by atoms with E-state index in [9.17, 15) is 4.79 Å². The van der Waals surface area contributed by atoms with Crippen LogP contribution in [-0.4, -0.2) is 19.0 Å². The molecule has 0 aromatic heterocycles. The first-order valence-electron chi connectivity index (χ1n) is 5.30. The number of Topliss-reactive ketones (excluding diaryl/α,β-unsaturated/α-hetero) is 1. The van der Waals surface area contributed by atoms with Gasteiger partial charge in [-0.1, -0.05) is 18.7 Å². The molecule has 0 atom stereocenters. The van der Waals surface area contributed by atoms with E-state index < -0.39 is 0 Å². The van der Waals surface area contributed by atoms with Gasteiger partial charge in [0.15, 0.2) is 5.78 Å². The Morgan fingerprint density at radius 2 is 2.38 bits per heavy atom. The minimum Gasteiger partial charge on any atom is -0.494 e. The molecule has 0 radical (unpaired) electrons. The first kappa shape index (κ1) is 10.7. The summed E-state index contributed by atoms with van der Waals surface area (Å²) in [6.45, 7) is 6.51. The Morgan fingerprint density at radius 3 is 3.12 bits per heavy atom. The van der Waals surface area contributed by atoms with Crippen LogP contribution in [0.15, 0.2) is 24.8 Å². The number of fused-ring (bicyclic) bond motifs is 1. The zero-order valence-electron chi connectivity index (χ0n) is 9.29. The zero-order chi connectivity index (χ0) is 11.5. The number of ketones is 1. The van der Waals surface area contributed by atoms with Gasteiger partial charge in [-0.05, 0) is 13.0 Å². The smallest absolute Gasteiger partial charge is 0.174 e. The Morgan fingerprint density at radius 1 is 1.56 bits per heavy atom. The molecule has 0 fully saturated rings. The van der Waals surface area contributed by atoms with Gasteiger partial charge in [-0.2, -0.15) is 0 Å². The highest BCUT2D eigenvalue weighted by molar-refractivity contribution is 5.84. The molecular formula is C13H14O3. The highest BCUT2D eigenvalue weighted by Gasteiger charge is 2.17. The summed E-state index contributed by atoms with van der Waals surface area (Å²) in [6, 6.07) is 5.67. The third-order valence-corrected chi connectivity index (χ3v) is 2.48. The number of hydrogen-bond acceptors (Lipinski definition) is 3. The summed E-state index contributed by atoms with van der Waals surface area (Å²) >= 11 is 0. The number of hydrogen-bond donors (Lipinski definition) is 0. The van der Waals surface area contributed by atoms with E-state index in [0.29, 0.717) is 18.8 Å². The Labute approximate surface area is 94.7 Å². The highest BCUT2D eigenvalue weighted by Crippen LogP contribution is 2.27. The molecule has 2 rings (SSSR count). The summed E-state index contributed by atoms with van der Waals surface area (Å²) in [5, 5.41) is 0. The van der Waals surface area contributed by atoms with Crippen LogP contribution >= 0.6 is 0 Å². The highest BCUT2D eigenvalue weighted by atomic mass is 16.5. The lowest BCUT2D eigenvalue weighted by Crippen LogP contribution is -2.20. The molecule has 0 unspecified atom stereocenters. The van der Waals surface area contributed by atoms with Crippen molar-refractivity contribution in [2.45, 2.75) is 13.3 Å². The van der Waals surface area contributed by atoms with Gasteiger partial charge in [-0.3, -0.25) is 4.79 Å². The number of rotatable bonds is 3. The Kier molecular flexibility index (Phi) is 2.95. The SMILES string of the molecule is C=C(OCC)c1ccc2c(c1)OCC(=O)C2. The summed E-state index contributed by atoms with van der Waals surface area (Å²) in [5.41, 5.74) is 1.83. The Hall–Kier alpha value is -1.77. The number of benzene rings is 1. The van der Waals surface area contributed by atoms with Crippen molar-refractivity contribution >= 4 is 11.5 Å². The van der Waals surface area contributed by atoms with E-state index in [1.807, 2.05) is 25.1 Å². The maximum absolute atomic E-state index is 11.2. The normalized spacial score (nSPS) is 13.9. The molecule has 0 saturated heterocycles. The largest absolute Gasteiger partial charge is 0.494 e. The topological polar surface area (TPSA) is 35.5 Å². The van der Waals surface area contributed by atoms with Crippen LogP contribution in [0.3, 0.4) is 0 Å². The lowest BCUT2D eigenvalue weighted by molar-refractivity contribution is -0.121. The predicted octanol–water partition coefficient (Wildman–Crippen LogP) is 2.20. The van der Waals surface area contributed by atoms with E-state index in [-0.39, 0.29) is 12.4 Å². The molecule has 1 aromatic carbocycles. The van der Waals surface area contributed by atoms with Crippen LogP contribution < -0.4 is 4.74 Å². The van der Waals surface area contributed by atoms with Gasteiger partial charge in [0, 0.05) is 17.5 Å². The standard InChI is InChI=1S/C13H14O3/c1-3-15-9(2)10-4-5-11-6-12(14)8-16-13(11)7-10/h4-5,7H,2-3,6,8H2,1H3. The van der Waals surface area contributed by atoms with Crippen molar-refractivity contribution in [2.75, 3.05) is 13.2 Å². The molecule has 1 aliphatic heterocycles. The molecule has 0 bridgehead atoms. The minimum absolute atomic E-state index is 0.115. The van der Waals surface area contributed by atoms with Crippen molar-refractivity contribution in [2.24, 2.45) is 0 Å². The molecular weight excluding hydrogens is 204 g/mol. The lowest BCUT2D eigenvalue weighted by Gasteiger charge is -2.17. The van der Waals surface area contributed by atoms with E-state index in [0.717, 1.165) is 16.9 Å². The molecule has 16 heavy (non-hydrogen) atoms. The summed E-state index contributed by atoms with van der Waals surface area (Å²) in [4.78, 5) is 11.2. The second-order valence-corrected chi connectivity index (χ2v) is 3.68. The first-order chi connectivity index (χ1) is 7.70. The molecule has 1 heterocycles. The van der Waals surface area contributed by atoms with Gasteiger partial charge in [0.05, 0.1) is 6.61 Å². The lowest BCUT2D eigenvalue weighted by atomic mass is 10.0. The van der Waals surface area contributed by atoms with Crippen LogP contribution in [0.5, 0.6) is 5.75 Å². The van der Waals surface area contributed by atoms with E-state index in [1.165, 1.54) is 0 Å². The second kappa shape index (κ2) is 4.39. The average molecular weight is 218 g/mol. The first-order valence-corrected chi connectivity index (χ1v) is 5.30. The van der Waals surface area contributed by atoms with Crippen LogP contribution in [0.4, 0.5) is 0 Å². The molecule has 0 aliphatic carbocycles. The van der Waals surface area contributed by atoms with Gasteiger partial charge in [0.2, 0.25) is 0 Å². The molecule has 3 nitrogen and oxygen atoms in total. The molecule has 0 spiro atoms. The van der Waals surface area contributed by atoms with Crippen LogP contribution in [0, 0.1) is 0 Å². The van der Waals surface area contributed by atoms with Crippen molar-refractivity contribution in [3.05, 3.63) is 35.9 Å². The van der Waals surface area contributed by atoms with Gasteiger partial charge >= 0.3 is 0 Å². The van der Waals surface area contributed by atoms with Crippen molar-refractivity contribution < 1.29 is 14.3 Å². The maximum Gasteiger partial charge on any atom is 0.174 e. The number of carbonyl (C=O) groups is 1. The average Bonchev–Trinajstić information content (AvgIpc) is 2.28. The fourth-order valence-electron chi connectivity index (χ4n) is 1.69. The predicted molar refractivity (Wildman–Crippen MR) is 61.3 cm³/mol. The van der Waals surface area contributed by atoms with E-state index >= 15 is 0 Å². The molecule has 84 valence electrons. The van der Waals surface area contributed by atoms with Gasteiger partial charge < -0.3 is 9.47 Å². The summed E-state index contributed by atoms with van der Waals surface area (Å²) in [6.07, 6.45) is 0.455. The summed E-state index contributed by atoms with van der Waals surface area (Å²) in [5.74, 6) is 1.51. The third-order valence-electron chi connectivity index (χ3n) is 2.48. The number of ether oxygens (including phenoxy) is 2. The zero-order valence-corrected chi connectivity index (χ0v) is 9.29. The van der Waals surface area contributed by atoms with Gasteiger partial charge in [0.1, 0.15) is 18.1 Å². The van der Waals surface area contributed by atoms with E-state index in [2.05, 4.69) is 6.58 Å². The third kappa shape index (κ3) is 2.08.